The summed E-state index contributed by atoms with van der Waals surface area (Å²) in [5, 5.41) is 10.8. The van der Waals surface area contributed by atoms with Gasteiger partial charge < -0.3 is 20.3 Å². The Hall–Kier alpha value is -3.88. The van der Waals surface area contributed by atoms with Gasteiger partial charge >= 0.3 is 0 Å². The number of carbonyl (C=O) groups is 1. The van der Waals surface area contributed by atoms with E-state index >= 15 is 8.78 Å². The van der Waals surface area contributed by atoms with E-state index in [2.05, 4.69) is 34.8 Å². The number of ether oxygens (including phenoxy) is 1. The summed E-state index contributed by atoms with van der Waals surface area (Å²) in [5.74, 6) is -0.290. The molecule has 4 heterocycles. The number of rotatable bonds is 12. The topological polar surface area (TPSA) is 108 Å². The highest BCUT2D eigenvalue weighted by Crippen LogP contribution is 2.47. The minimum absolute atomic E-state index is 0.155. The number of hydrogen-bond acceptors (Lipinski definition) is 8. The Labute approximate surface area is 293 Å². The molecule has 2 aliphatic rings. The zero-order chi connectivity index (χ0) is 35.7. The highest BCUT2D eigenvalue weighted by Gasteiger charge is 2.32. The van der Waals surface area contributed by atoms with E-state index in [0.29, 0.717) is 46.6 Å². The van der Waals surface area contributed by atoms with Gasteiger partial charge in [0.25, 0.3) is 0 Å². The van der Waals surface area contributed by atoms with Crippen molar-refractivity contribution in [3.8, 4) is 6.07 Å². The highest BCUT2D eigenvalue weighted by atomic mass is 32.1. The number of benzene rings is 1. The second kappa shape index (κ2) is 17.7. The summed E-state index contributed by atoms with van der Waals surface area (Å²) in [5.41, 5.74) is 9.97. The van der Waals surface area contributed by atoms with E-state index < -0.39 is 11.6 Å². The molecule has 8 nitrogen and oxygen atoms in total. The molecule has 0 aliphatic carbocycles. The molecule has 2 N–H and O–H groups in total. The molecule has 0 radical (unpaired) electrons. The number of thiophene rings is 1. The van der Waals surface area contributed by atoms with Crippen LogP contribution in [-0.4, -0.2) is 47.0 Å². The minimum Gasteiger partial charge on any atom is -0.389 e. The predicted molar refractivity (Wildman–Crippen MR) is 196 cm³/mol. The number of anilines is 2. The quantitative estimate of drug-likeness (QED) is 0.189. The number of fused-ring (bicyclic) bond motifs is 3. The maximum Gasteiger partial charge on any atom is 0.225 e. The van der Waals surface area contributed by atoms with Gasteiger partial charge in [-0.1, -0.05) is 51.7 Å². The Morgan fingerprint density at radius 1 is 1.10 bits per heavy atom. The van der Waals surface area contributed by atoms with Gasteiger partial charge in [0.05, 0.1) is 23.7 Å². The first-order chi connectivity index (χ1) is 23.6. The molecular weight excluding hydrogens is 643 g/mol. The molecule has 1 aromatic carbocycles. The van der Waals surface area contributed by atoms with Crippen LogP contribution in [0.5, 0.6) is 0 Å². The Bertz CT molecular complexity index is 1750. The number of nitriles is 1. The van der Waals surface area contributed by atoms with Crippen molar-refractivity contribution in [3.63, 3.8) is 0 Å². The number of amides is 1. The molecule has 264 valence electrons. The summed E-state index contributed by atoms with van der Waals surface area (Å²) >= 11 is 1.00. The number of nitrogen functional groups attached to an aromatic ring is 1. The zero-order valence-corrected chi connectivity index (χ0v) is 30.7. The van der Waals surface area contributed by atoms with Crippen LogP contribution < -0.4 is 10.6 Å². The normalized spacial score (nSPS) is 14.8. The van der Waals surface area contributed by atoms with Gasteiger partial charge in [-0.15, -0.1) is 11.3 Å². The van der Waals surface area contributed by atoms with Crippen molar-refractivity contribution in [3.05, 3.63) is 56.4 Å². The number of aromatic nitrogens is 2. The van der Waals surface area contributed by atoms with Crippen LogP contribution in [0.3, 0.4) is 0 Å². The number of allylic oxidation sites excluding steroid dienone is 2. The highest BCUT2D eigenvalue weighted by molar-refractivity contribution is 7.17. The fourth-order valence-corrected chi connectivity index (χ4v) is 7.38. The number of hydrogen-bond donors (Lipinski definition) is 1. The molecule has 0 bridgehead atoms. The third-order valence-corrected chi connectivity index (χ3v) is 10.3. The minimum atomic E-state index is -0.514. The molecule has 0 unspecified atom stereocenters. The fraction of sp³-hybridized carbons (Fsp3) is 0.526. The van der Waals surface area contributed by atoms with E-state index in [4.69, 9.17) is 10.5 Å². The van der Waals surface area contributed by atoms with Crippen molar-refractivity contribution in [2.75, 3.05) is 36.8 Å². The van der Waals surface area contributed by atoms with Crippen LogP contribution >= 0.6 is 11.3 Å². The van der Waals surface area contributed by atoms with Crippen molar-refractivity contribution in [1.29, 1.82) is 5.26 Å². The maximum absolute atomic E-state index is 16.7. The molecule has 11 heteroatoms. The van der Waals surface area contributed by atoms with E-state index in [9.17, 15) is 10.1 Å². The molecule has 1 amide bonds. The van der Waals surface area contributed by atoms with E-state index in [0.717, 1.165) is 80.8 Å². The van der Waals surface area contributed by atoms with Crippen molar-refractivity contribution in [2.24, 2.45) is 0 Å². The third-order valence-electron chi connectivity index (χ3n) is 9.31. The molecular formula is C38H50F2N6O2S. The zero-order valence-electron chi connectivity index (χ0n) is 29.8. The Balaban J connectivity index is 0.000000355. The molecule has 1 saturated heterocycles. The lowest BCUT2D eigenvalue weighted by molar-refractivity contribution is -0.129. The second-order valence-corrected chi connectivity index (χ2v) is 13.7. The monoisotopic (exact) mass is 692 g/mol. The molecule has 0 saturated carbocycles. The first-order valence-corrected chi connectivity index (χ1v) is 18.4. The summed E-state index contributed by atoms with van der Waals surface area (Å²) in [7, 11) is 0. The molecule has 0 spiro atoms. The number of unbranched alkanes of at least 4 members (excludes halogenated alkanes) is 3. The van der Waals surface area contributed by atoms with E-state index in [1.807, 2.05) is 18.7 Å². The molecule has 49 heavy (non-hydrogen) atoms. The smallest absolute Gasteiger partial charge is 0.225 e. The molecule has 2 aromatic heterocycles. The lowest BCUT2D eigenvalue weighted by Crippen LogP contribution is -2.30. The van der Waals surface area contributed by atoms with Crippen LogP contribution in [0.15, 0.2) is 17.8 Å². The molecule has 0 atom stereocenters. The van der Waals surface area contributed by atoms with Gasteiger partial charge in [0, 0.05) is 55.8 Å². The van der Waals surface area contributed by atoms with Crippen LogP contribution in [0.25, 0.3) is 22.3 Å². The lowest BCUT2D eigenvalue weighted by Gasteiger charge is -2.20. The Kier molecular flexibility index (Phi) is 13.7. The SMILES string of the molecule is C/C=C(/F)c1sc(N)c(C#N)c1/C(=C(\C)CC)c1c2c(c3cnc(N4CCCC4)nc3c1F)COC2.CCCCCN(CCCC)C(C)=O. The summed E-state index contributed by atoms with van der Waals surface area (Å²) in [6.45, 7) is 15.5. The first-order valence-electron chi connectivity index (χ1n) is 17.6. The van der Waals surface area contributed by atoms with Crippen LogP contribution in [0, 0.1) is 17.1 Å². The Morgan fingerprint density at radius 3 is 2.39 bits per heavy atom. The summed E-state index contributed by atoms with van der Waals surface area (Å²) in [6, 6.07) is 2.13. The van der Waals surface area contributed by atoms with Crippen molar-refractivity contribution < 1.29 is 18.3 Å². The van der Waals surface area contributed by atoms with Crippen LogP contribution in [0.1, 0.15) is 126 Å². The predicted octanol–water partition coefficient (Wildman–Crippen LogP) is 9.30. The molecule has 1 fully saturated rings. The Morgan fingerprint density at radius 2 is 1.78 bits per heavy atom. The summed E-state index contributed by atoms with van der Waals surface area (Å²) < 4.78 is 37.5. The van der Waals surface area contributed by atoms with Gasteiger partial charge in [-0.3, -0.25) is 4.79 Å². The van der Waals surface area contributed by atoms with E-state index in [1.165, 1.54) is 18.9 Å². The second-order valence-electron chi connectivity index (χ2n) is 12.6. The van der Waals surface area contributed by atoms with Gasteiger partial charge in [0.1, 0.15) is 22.4 Å². The first kappa shape index (κ1) is 37.9. The van der Waals surface area contributed by atoms with Crippen molar-refractivity contribution >= 4 is 50.5 Å². The standard InChI is InChI=1S/C27H27F2N5OS.C11H23NO/c1-4-14(3)20(22-15(10-30)26(31)36-25(22)19(28)5-2)21-18-13-35-12-17(18)16-11-32-27(33-24(16)23(21)29)34-8-6-7-9-34;1-4-6-8-10-12(11(3)13)9-7-5-2/h5,11H,4,6-9,12-13,31H2,1-3H3;4-10H2,1-3H3/b19-5+,20-14+;. The van der Waals surface area contributed by atoms with Crippen LogP contribution in [0.2, 0.25) is 0 Å². The summed E-state index contributed by atoms with van der Waals surface area (Å²) in [4.78, 5) is 24.6. The van der Waals surface area contributed by atoms with Gasteiger partial charge in [-0.25, -0.2) is 18.7 Å². The number of nitrogens with two attached hydrogens (primary N) is 1. The van der Waals surface area contributed by atoms with Gasteiger partial charge in [-0.2, -0.15) is 5.26 Å². The van der Waals surface area contributed by atoms with E-state index in [1.54, 1.807) is 20.0 Å². The van der Waals surface area contributed by atoms with Crippen molar-refractivity contribution in [2.45, 2.75) is 106 Å². The average Bonchev–Trinajstić information content (AvgIpc) is 3.88. The van der Waals surface area contributed by atoms with Gasteiger partial charge in [0.15, 0.2) is 5.82 Å². The van der Waals surface area contributed by atoms with Gasteiger partial charge in [-0.05, 0) is 62.7 Å². The molecule has 5 rings (SSSR count). The van der Waals surface area contributed by atoms with Crippen LogP contribution in [0.4, 0.5) is 19.7 Å². The fourth-order valence-electron chi connectivity index (χ4n) is 6.39. The third kappa shape index (κ3) is 8.30. The molecule has 2 aliphatic heterocycles. The van der Waals surface area contributed by atoms with Gasteiger partial charge in [0.2, 0.25) is 11.9 Å². The van der Waals surface area contributed by atoms with Crippen molar-refractivity contribution in [1.82, 2.24) is 14.9 Å². The average molecular weight is 693 g/mol. The molecule has 3 aromatic rings. The maximum atomic E-state index is 16.7. The lowest BCUT2D eigenvalue weighted by atomic mass is 9.85. The number of nitrogens with zero attached hydrogens (tertiary/aromatic N) is 5. The number of halogens is 2. The van der Waals surface area contributed by atoms with Crippen LogP contribution in [-0.2, 0) is 22.7 Å². The number of carbonyl (C=O) groups excluding carboxylic acids is 1. The van der Waals surface area contributed by atoms with E-state index in [-0.39, 0.29) is 33.5 Å². The summed E-state index contributed by atoms with van der Waals surface area (Å²) in [6.07, 6.45) is 11.6. The largest absolute Gasteiger partial charge is 0.389 e.